The number of nitrogens with zero attached hydrogens (tertiary/aromatic N) is 2. The molecule has 0 bridgehead atoms. The van der Waals surface area contributed by atoms with Crippen LogP contribution in [0.4, 0.5) is 5.69 Å². The van der Waals surface area contributed by atoms with Crippen molar-refractivity contribution in [3.05, 3.63) is 24.0 Å². The van der Waals surface area contributed by atoms with Crippen LogP contribution in [0.1, 0.15) is 30.3 Å². The molecule has 6 heteroatoms. The molecule has 0 aliphatic carbocycles. The molecule has 1 aromatic rings. The van der Waals surface area contributed by atoms with E-state index >= 15 is 0 Å². The molecule has 1 aliphatic heterocycles. The number of hydrogen-bond acceptors (Lipinski definition) is 5. The zero-order chi connectivity index (χ0) is 15.2. The minimum atomic E-state index is -0.163. The zero-order valence-corrected chi connectivity index (χ0v) is 12.5. The molecule has 0 radical (unpaired) electrons. The van der Waals surface area contributed by atoms with Gasteiger partial charge < -0.3 is 15.0 Å². The molecule has 2 heterocycles. The van der Waals surface area contributed by atoms with Gasteiger partial charge in [0.2, 0.25) is 0 Å². The number of piperidine rings is 1. The molecule has 1 amide bonds. The minimum Gasteiger partial charge on any atom is -0.469 e. The first kappa shape index (κ1) is 15.3. The van der Waals surface area contributed by atoms with Gasteiger partial charge in [0.05, 0.1) is 13.0 Å². The molecule has 1 fully saturated rings. The van der Waals surface area contributed by atoms with E-state index in [1.165, 1.54) is 7.11 Å². The number of esters is 1. The lowest BCUT2D eigenvalue weighted by molar-refractivity contribution is -0.146. The van der Waals surface area contributed by atoms with Crippen LogP contribution in [0.25, 0.3) is 0 Å². The summed E-state index contributed by atoms with van der Waals surface area (Å²) in [6.45, 7) is 4.01. The lowest BCUT2D eigenvalue weighted by atomic mass is 9.96. The third kappa shape index (κ3) is 3.71. The normalized spacial score (nSPS) is 15.6. The summed E-state index contributed by atoms with van der Waals surface area (Å²) in [7, 11) is 1.43. The molecule has 21 heavy (non-hydrogen) atoms. The zero-order valence-electron chi connectivity index (χ0n) is 12.5. The van der Waals surface area contributed by atoms with Gasteiger partial charge in [-0.3, -0.25) is 14.6 Å². The summed E-state index contributed by atoms with van der Waals surface area (Å²) in [4.78, 5) is 29.6. The van der Waals surface area contributed by atoms with Gasteiger partial charge >= 0.3 is 5.97 Å². The van der Waals surface area contributed by atoms with Crippen LogP contribution in [0.5, 0.6) is 0 Å². The van der Waals surface area contributed by atoms with Crippen LogP contribution in [0, 0.1) is 5.92 Å². The average Bonchev–Trinajstić information content (AvgIpc) is 2.54. The Balaban J connectivity index is 2.02. The number of hydrogen-bond donors (Lipinski definition) is 1. The molecule has 0 unspecified atom stereocenters. The first-order valence-corrected chi connectivity index (χ1v) is 7.22. The number of pyridine rings is 1. The maximum absolute atomic E-state index is 11.8. The molecule has 114 valence electrons. The van der Waals surface area contributed by atoms with Gasteiger partial charge in [-0.25, -0.2) is 0 Å². The van der Waals surface area contributed by atoms with Gasteiger partial charge in [-0.05, 0) is 31.9 Å². The van der Waals surface area contributed by atoms with E-state index in [4.69, 9.17) is 4.74 Å². The Bertz CT molecular complexity index is 511. The van der Waals surface area contributed by atoms with E-state index in [0.29, 0.717) is 12.2 Å². The Morgan fingerprint density at radius 1 is 1.43 bits per heavy atom. The first-order chi connectivity index (χ1) is 10.2. The van der Waals surface area contributed by atoms with E-state index in [9.17, 15) is 9.59 Å². The lowest BCUT2D eigenvalue weighted by Gasteiger charge is -2.32. The highest BCUT2D eigenvalue weighted by molar-refractivity contribution is 5.93. The highest BCUT2D eigenvalue weighted by Crippen LogP contribution is 2.24. The monoisotopic (exact) mass is 291 g/mol. The quantitative estimate of drug-likeness (QED) is 0.845. The topological polar surface area (TPSA) is 71.5 Å². The van der Waals surface area contributed by atoms with Crippen molar-refractivity contribution in [2.75, 3.05) is 31.6 Å². The Labute approximate surface area is 124 Å². The molecular weight excluding hydrogens is 270 g/mol. The summed E-state index contributed by atoms with van der Waals surface area (Å²) in [5.74, 6) is -0.313. The molecule has 0 saturated carbocycles. The van der Waals surface area contributed by atoms with Gasteiger partial charge in [-0.1, -0.05) is 0 Å². The van der Waals surface area contributed by atoms with Crippen LogP contribution in [0.3, 0.4) is 0 Å². The summed E-state index contributed by atoms with van der Waals surface area (Å²) >= 11 is 0. The second-order valence-electron chi connectivity index (χ2n) is 5.04. The van der Waals surface area contributed by atoms with Crippen molar-refractivity contribution >= 4 is 17.6 Å². The van der Waals surface area contributed by atoms with Gasteiger partial charge in [-0.2, -0.15) is 0 Å². The van der Waals surface area contributed by atoms with E-state index in [-0.39, 0.29) is 17.8 Å². The summed E-state index contributed by atoms with van der Waals surface area (Å²) < 4.78 is 4.79. The third-order valence-corrected chi connectivity index (χ3v) is 3.71. The highest BCUT2D eigenvalue weighted by atomic mass is 16.5. The van der Waals surface area contributed by atoms with Crippen molar-refractivity contribution in [3.8, 4) is 0 Å². The number of rotatable bonds is 4. The minimum absolute atomic E-state index is 0.0176. The Kier molecular flexibility index (Phi) is 5.14. The molecule has 0 spiro atoms. The Morgan fingerprint density at radius 3 is 2.76 bits per heavy atom. The summed E-state index contributed by atoms with van der Waals surface area (Å²) in [6.07, 6.45) is 3.18. The lowest BCUT2D eigenvalue weighted by Crippen LogP contribution is -2.37. The van der Waals surface area contributed by atoms with E-state index in [1.54, 1.807) is 12.3 Å². The predicted octanol–water partition coefficient (Wildman–Crippen LogP) is 1.22. The largest absolute Gasteiger partial charge is 0.469 e. The molecule has 1 N–H and O–H groups in total. The van der Waals surface area contributed by atoms with Gasteiger partial charge in [0, 0.05) is 31.5 Å². The smallest absolute Gasteiger partial charge is 0.308 e. The fraction of sp³-hybridized carbons (Fsp3) is 0.533. The van der Waals surface area contributed by atoms with Crippen LogP contribution in [-0.4, -0.2) is 43.6 Å². The summed E-state index contributed by atoms with van der Waals surface area (Å²) in [6, 6.07) is 3.69. The van der Waals surface area contributed by atoms with Gasteiger partial charge in [-0.15, -0.1) is 0 Å². The second kappa shape index (κ2) is 7.06. The van der Waals surface area contributed by atoms with Crippen molar-refractivity contribution in [1.82, 2.24) is 10.3 Å². The third-order valence-electron chi connectivity index (χ3n) is 3.71. The van der Waals surface area contributed by atoms with E-state index < -0.39 is 0 Å². The molecule has 2 rings (SSSR count). The van der Waals surface area contributed by atoms with Crippen molar-refractivity contribution in [2.45, 2.75) is 19.8 Å². The maximum atomic E-state index is 11.8. The van der Waals surface area contributed by atoms with E-state index in [1.807, 2.05) is 13.0 Å². The molecule has 6 nitrogen and oxygen atoms in total. The molecule has 1 saturated heterocycles. The van der Waals surface area contributed by atoms with Crippen LogP contribution in [0.15, 0.2) is 18.3 Å². The van der Waals surface area contributed by atoms with Crippen LogP contribution in [0.2, 0.25) is 0 Å². The fourth-order valence-corrected chi connectivity index (χ4v) is 2.53. The number of ether oxygens (including phenoxy) is 1. The Hall–Kier alpha value is -2.11. The number of carbonyl (C=O) groups is 2. The number of methoxy groups -OCH3 is 1. The average molecular weight is 291 g/mol. The molecule has 1 aromatic heterocycles. The molecule has 1 aliphatic rings. The van der Waals surface area contributed by atoms with Gasteiger partial charge in [0.15, 0.2) is 0 Å². The maximum Gasteiger partial charge on any atom is 0.308 e. The second-order valence-corrected chi connectivity index (χ2v) is 5.04. The van der Waals surface area contributed by atoms with Crippen LogP contribution >= 0.6 is 0 Å². The SMILES string of the molecule is CCNC(=O)c1cc(N2CCC(C(=O)OC)CC2)ccn1. The van der Waals surface area contributed by atoms with Gasteiger partial charge in [0.1, 0.15) is 5.69 Å². The number of nitrogens with one attached hydrogen (secondary N) is 1. The number of amides is 1. The summed E-state index contributed by atoms with van der Waals surface area (Å²) in [5, 5.41) is 2.74. The number of anilines is 1. The van der Waals surface area contributed by atoms with Crippen molar-refractivity contribution in [1.29, 1.82) is 0 Å². The number of aromatic nitrogens is 1. The van der Waals surface area contributed by atoms with Gasteiger partial charge in [0.25, 0.3) is 5.91 Å². The highest BCUT2D eigenvalue weighted by Gasteiger charge is 2.26. The fourth-order valence-electron chi connectivity index (χ4n) is 2.53. The molecular formula is C15H21N3O3. The van der Waals surface area contributed by atoms with E-state index in [0.717, 1.165) is 31.6 Å². The van der Waals surface area contributed by atoms with Crippen LogP contribution < -0.4 is 10.2 Å². The first-order valence-electron chi connectivity index (χ1n) is 7.22. The van der Waals surface area contributed by atoms with Crippen molar-refractivity contribution in [2.24, 2.45) is 5.92 Å². The Morgan fingerprint density at radius 2 is 2.14 bits per heavy atom. The summed E-state index contributed by atoms with van der Waals surface area (Å²) in [5.41, 5.74) is 1.39. The standard InChI is InChI=1S/C15H21N3O3/c1-3-16-14(19)13-10-12(4-7-17-13)18-8-5-11(6-9-18)15(20)21-2/h4,7,10-11H,3,5-6,8-9H2,1-2H3,(H,16,19). The number of carbonyl (C=O) groups excluding carboxylic acids is 2. The molecule has 0 aromatic carbocycles. The van der Waals surface area contributed by atoms with Crippen LogP contribution in [-0.2, 0) is 9.53 Å². The van der Waals surface area contributed by atoms with Crippen molar-refractivity contribution in [3.63, 3.8) is 0 Å². The molecule has 0 atom stereocenters. The van der Waals surface area contributed by atoms with E-state index in [2.05, 4.69) is 15.2 Å². The predicted molar refractivity (Wildman–Crippen MR) is 79.2 cm³/mol. The van der Waals surface area contributed by atoms with Crippen molar-refractivity contribution < 1.29 is 14.3 Å².